The summed E-state index contributed by atoms with van der Waals surface area (Å²) in [4.78, 5) is 35.1. The van der Waals surface area contributed by atoms with Crippen molar-refractivity contribution in [3.05, 3.63) is 35.1 Å². The summed E-state index contributed by atoms with van der Waals surface area (Å²) in [7, 11) is 0. The van der Waals surface area contributed by atoms with Gasteiger partial charge in [0, 0.05) is 25.0 Å². The molecule has 1 aromatic rings. The third-order valence-electron chi connectivity index (χ3n) is 3.82. The van der Waals surface area contributed by atoms with Crippen LogP contribution >= 0.6 is 0 Å². The normalized spacial score (nSPS) is 19.3. The standard InChI is InChI=1S/C15H15F3N2O3/c16-8-5-10(17)12(11(18)6-8)15(23)20-13(14(19)22)7-2-1-3-9(21)4-7/h5-7,13H,1-4H2,(H2,19,22)(H,20,23)/t7-,13+/m0/s1. The molecule has 3 N–H and O–H groups in total. The topological polar surface area (TPSA) is 89.3 Å². The number of nitrogens with one attached hydrogen (secondary N) is 1. The van der Waals surface area contributed by atoms with E-state index in [1.165, 1.54) is 0 Å². The smallest absolute Gasteiger partial charge is 0.257 e. The Labute approximate surface area is 130 Å². The lowest BCUT2D eigenvalue weighted by Crippen LogP contribution is -2.50. The van der Waals surface area contributed by atoms with Crippen LogP contribution in [0.2, 0.25) is 0 Å². The molecular formula is C15H15F3N2O3. The van der Waals surface area contributed by atoms with E-state index in [1.807, 2.05) is 0 Å². The number of hydrogen-bond donors (Lipinski definition) is 2. The van der Waals surface area contributed by atoms with Gasteiger partial charge in [0.15, 0.2) is 0 Å². The molecule has 0 bridgehead atoms. The Hall–Kier alpha value is -2.38. The third kappa shape index (κ3) is 3.88. The maximum Gasteiger partial charge on any atom is 0.257 e. The summed E-state index contributed by atoms with van der Waals surface area (Å²) in [6, 6.07) is -0.501. The van der Waals surface area contributed by atoms with Gasteiger partial charge in [-0.25, -0.2) is 13.2 Å². The summed E-state index contributed by atoms with van der Waals surface area (Å²) in [5, 5.41) is 2.16. The van der Waals surface area contributed by atoms with E-state index in [1.54, 1.807) is 0 Å². The first kappa shape index (κ1) is 17.0. The Morgan fingerprint density at radius 3 is 2.35 bits per heavy atom. The molecule has 1 aliphatic rings. The number of carbonyl (C=O) groups is 3. The predicted octanol–water partition coefficient (Wildman–Crippen LogP) is 1.45. The SMILES string of the molecule is NC(=O)[C@H](NC(=O)c1c(F)cc(F)cc1F)[C@H]1CCCC(=O)C1. The maximum atomic E-state index is 13.6. The Balaban J connectivity index is 2.22. The lowest BCUT2D eigenvalue weighted by atomic mass is 9.82. The number of carbonyl (C=O) groups excluding carboxylic acids is 3. The second kappa shape index (κ2) is 6.80. The minimum Gasteiger partial charge on any atom is -0.368 e. The lowest BCUT2D eigenvalue weighted by molar-refractivity contribution is -0.124. The van der Waals surface area contributed by atoms with Gasteiger partial charge in [0.2, 0.25) is 5.91 Å². The fourth-order valence-corrected chi connectivity index (χ4v) is 2.74. The average Bonchev–Trinajstić information content (AvgIpc) is 2.43. The van der Waals surface area contributed by atoms with Gasteiger partial charge in [0.05, 0.1) is 0 Å². The van der Waals surface area contributed by atoms with Crippen LogP contribution in [-0.4, -0.2) is 23.6 Å². The van der Waals surface area contributed by atoms with Gasteiger partial charge in [-0.05, 0) is 18.8 Å². The summed E-state index contributed by atoms with van der Waals surface area (Å²) in [6.45, 7) is 0. The van der Waals surface area contributed by atoms with Gasteiger partial charge in [0.25, 0.3) is 5.91 Å². The lowest BCUT2D eigenvalue weighted by Gasteiger charge is -2.28. The molecule has 0 radical (unpaired) electrons. The minimum atomic E-state index is -1.39. The number of Topliss-reactive ketones (excluding diaryl/α,β-unsaturated/α-hetero) is 1. The van der Waals surface area contributed by atoms with Crippen LogP contribution in [0.5, 0.6) is 0 Å². The van der Waals surface area contributed by atoms with E-state index in [0.717, 1.165) is 0 Å². The summed E-state index contributed by atoms with van der Waals surface area (Å²) in [6.07, 6.45) is 1.47. The Kier molecular flexibility index (Phi) is 5.02. The molecule has 1 aromatic carbocycles. The summed E-state index contributed by atoms with van der Waals surface area (Å²) in [5.41, 5.74) is 4.23. The van der Waals surface area contributed by atoms with Crippen molar-refractivity contribution >= 4 is 17.6 Å². The van der Waals surface area contributed by atoms with Gasteiger partial charge >= 0.3 is 0 Å². The monoisotopic (exact) mass is 328 g/mol. The molecule has 0 saturated heterocycles. The molecule has 2 atom stereocenters. The highest BCUT2D eigenvalue weighted by molar-refractivity contribution is 5.98. The Morgan fingerprint density at radius 1 is 1.22 bits per heavy atom. The van der Waals surface area contributed by atoms with Crippen LogP contribution in [0.1, 0.15) is 36.0 Å². The van der Waals surface area contributed by atoms with Crippen molar-refractivity contribution < 1.29 is 27.6 Å². The van der Waals surface area contributed by atoms with Crippen molar-refractivity contribution in [1.82, 2.24) is 5.32 Å². The summed E-state index contributed by atoms with van der Waals surface area (Å²) in [5.74, 6) is -6.65. The molecule has 1 fully saturated rings. The summed E-state index contributed by atoms with van der Waals surface area (Å²) < 4.78 is 40.1. The first-order chi connectivity index (χ1) is 10.8. The maximum absolute atomic E-state index is 13.6. The fraction of sp³-hybridized carbons (Fsp3) is 0.400. The van der Waals surface area contributed by atoms with E-state index in [2.05, 4.69) is 5.32 Å². The largest absolute Gasteiger partial charge is 0.368 e. The predicted molar refractivity (Wildman–Crippen MR) is 73.7 cm³/mol. The molecule has 2 rings (SSSR count). The molecule has 8 heteroatoms. The highest BCUT2D eigenvalue weighted by Crippen LogP contribution is 2.25. The number of nitrogens with two attached hydrogens (primary N) is 1. The Bertz CT molecular complexity index is 640. The molecule has 0 aromatic heterocycles. The first-order valence-electron chi connectivity index (χ1n) is 7.06. The highest BCUT2D eigenvalue weighted by Gasteiger charge is 2.33. The molecule has 1 aliphatic carbocycles. The van der Waals surface area contributed by atoms with Crippen molar-refractivity contribution in [2.24, 2.45) is 11.7 Å². The van der Waals surface area contributed by atoms with Crippen LogP contribution in [0, 0.1) is 23.4 Å². The van der Waals surface area contributed by atoms with Crippen LogP contribution in [0.3, 0.4) is 0 Å². The van der Waals surface area contributed by atoms with Gasteiger partial charge in [-0.1, -0.05) is 0 Å². The second-order valence-corrected chi connectivity index (χ2v) is 5.49. The molecule has 0 aliphatic heterocycles. The van der Waals surface area contributed by atoms with Crippen molar-refractivity contribution in [2.45, 2.75) is 31.7 Å². The molecular weight excluding hydrogens is 313 g/mol. The van der Waals surface area contributed by atoms with Crippen LogP contribution in [0.25, 0.3) is 0 Å². The Morgan fingerprint density at radius 2 is 1.83 bits per heavy atom. The van der Waals surface area contributed by atoms with Crippen molar-refractivity contribution in [1.29, 1.82) is 0 Å². The van der Waals surface area contributed by atoms with Gasteiger partial charge in [-0.2, -0.15) is 0 Å². The van der Waals surface area contributed by atoms with Crippen LogP contribution in [0.15, 0.2) is 12.1 Å². The molecule has 0 heterocycles. The molecule has 124 valence electrons. The zero-order chi connectivity index (χ0) is 17.1. The molecule has 2 amide bonds. The first-order valence-corrected chi connectivity index (χ1v) is 7.06. The van der Waals surface area contributed by atoms with Gasteiger partial charge in [-0.3, -0.25) is 14.4 Å². The second-order valence-electron chi connectivity index (χ2n) is 5.49. The number of halogens is 3. The third-order valence-corrected chi connectivity index (χ3v) is 3.82. The zero-order valence-corrected chi connectivity index (χ0v) is 12.1. The minimum absolute atomic E-state index is 0.0578. The number of ketones is 1. The number of amides is 2. The van der Waals surface area contributed by atoms with Crippen molar-refractivity contribution in [2.75, 3.05) is 0 Å². The van der Waals surface area contributed by atoms with E-state index in [0.29, 0.717) is 31.4 Å². The quantitative estimate of drug-likeness (QED) is 0.876. The number of rotatable bonds is 4. The van der Waals surface area contributed by atoms with Gasteiger partial charge < -0.3 is 11.1 Å². The number of primary amides is 1. The van der Waals surface area contributed by atoms with E-state index < -0.39 is 46.8 Å². The van der Waals surface area contributed by atoms with Crippen LogP contribution < -0.4 is 11.1 Å². The van der Waals surface area contributed by atoms with E-state index in [4.69, 9.17) is 5.73 Å². The zero-order valence-electron chi connectivity index (χ0n) is 12.1. The number of benzene rings is 1. The van der Waals surface area contributed by atoms with Crippen molar-refractivity contribution in [3.8, 4) is 0 Å². The molecule has 23 heavy (non-hydrogen) atoms. The van der Waals surface area contributed by atoms with Gasteiger partial charge in [0.1, 0.15) is 34.8 Å². The summed E-state index contributed by atoms with van der Waals surface area (Å²) >= 11 is 0. The molecule has 0 unspecified atom stereocenters. The van der Waals surface area contributed by atoms with E-state index >= 15 is 0 Å². The number of hydrogen-bond acceptors (Lipinski definition) is 3. The van der Waals surface area contributed by atoms with E-state index in [9.17, 15) is 27.6 Å². The van der Waals surface area contributed by atoms with Crippen LogP contribution in [0.4, 0.5) is 13.2 Å². The fourth-order valence-electron chi connectivity index (χ4n) is 2.74. The highest BCUT2D eigenvalue weighted by atomic mass is 19.1. The average molecular weight is 328 g/mol. The molecule has 0 spiro atoms. The molecule has 5 nitrogen and oxygen atoms in total. The molecule has 1 saturated carbocycles. The van der Waals surface area contributed by atoms with Crippen molar-refractivity contribution in [3.63, 3.8) is 0 Å². The van der Waals surface area contributed by atoms with E-state index in [-0.39, 0.29) is 12.2 Å². The van der Waals surface area contributed by atoms with Crippen LogP contribution in [-0.2, 0) is 9.59 Å². The van der Waals surface area contributed by atoms with Gasteiger partial charge in [-0.15, -0.1) is 0 Å².